The van der Waals surface area contributed by atoms with Gasteiger partial charge >= 0.3 is 5.97 Å². The van der Waals surface area contributed by atoms with Gasteiger partial charge in [-0.2, -0.15) is 0 Å². The molecule has 17 heavy (non-hydrogen) atoms. The smallest absolute Gasteiger partial charge is 0.311 e. The van der Waals surface area contributed by atoms with Crippen LogP contribution < -0.4 is 10.5 Å². The number of esters is 1. The van der Waals surface area contributed by atoms with Gasteiger partial charge < -0.3 is 15.2 Å². The molecule has 0 aliphatic carbocycles. The molecule has 0 unspecified atom stereocenters. The van der Waals surface area contributed by atoms with Crippen LogP contribution >= 0.6 is 0 Å². The molecule has 1 aromatic rings. The first-order valence-electron chi connectivity index (χ1n) is 5.14. The van der Waals surface area contributed by atoms with E-state index in [1.54, 1.807) is 31.4 Å². The van der Waals surface area contributed by atoms with Gasteiger partial charge in [-0.3, -0.25) is 9.59 Å². The average Bonchev–Trinajstić information content (AvgIpc) is 2.28. The first-order chi connectivity index (χ1) is 8.02. The predicted octanol–water partition coefficient (Wildman–Crippen LogP) is 0.655. The number of nitrogens with two attached hydrogens (primary N) is 1. The van der Waals surface area contributed by atoms with E-state index in [4.69, 9.17) is 15.2 Å². The summed E-state index contributed by atoms with van der Waals surface area (Å²) in [4.78, 5) is 22.2. The molecular weight excluding hydrogens is 222 g/mol. The monoisotopic (exact) mass is 237 g/mol. The molecule has 5 heteroatoms. The second kappa shape index (κ2) is 5.89. The molecule has 0 fully saturated rings. The molecule has 0 aromatic heterocycles. The first-order valence-corrected chi connectivity index (χ1v) is 5.14. The number of amides is 1. The molecule has 1 amide bonds. The zero-order valence-electron chi connectivity index (χ0n) is 9.80. The molecule has 1 atom stereocenters. The Labute approximate surface area is 99.5 Å². The number of hydrogen-bond acceptors (Lipinski definition) is 4. The standard InChI is InChI=1S/C12H15NO4/c1-8(12(13)15)17-11(14)7-9-4-3-5-10(6-9)16-2/h3-6,8H,7H2,1-2H3,(H2,13,15)/t8-/m0/s1. The average molecular weight is 237 g/mol. The van der Waals surface area contributed by atoms with Gasteiger partial charge in [0.15, 0.2) is 6.10 Å². The summed E-state index contributed by atoms with van der Waals surface area (Å²) in [5, 5.41) is 0. The summed E-state index contributed by atoms with van der Waals surface area (Å²) < 4.78 is 9.86. The highest BCUT2D eigenvalue weighted by Gasteiger charge is 2.14. The maximum atomic E-state index is 11.5. The van der Waals surface area contributed by atoms with E-state index in [2.05, 4.69) is 0 Å². The topological polar surface area (TPSA) is 78.6 Å². The first kappa shape index (κ1) is 13.0. The molecule has 92 valence electrons. The number of primary amides is 1. The van der Waals surface area contributed by atoms with E-state index in [1.807, 2.05) is 0 Å². The molecular formula is C12H15NO4. The molecule has 1 aromatic carbocycles. The summed E-state index contributed by atoms with van der Waals surface area (Å²) >= 11 is 0. The highest BCUT2D eigenvalue weighted by atomic mass is 16.5. The maximum Gasteiger partial charge on any atom is 0.311 e. The zero-order valence-corrected chi connectivity index (χ0v) is 9.80. The van der Waals surface area contributed by atoms with Crippen LogP contribution in [0.1, 0.15) is 12.5 Å². The van der Waals surface area contributed by atoms with Gasteiger partial charge in [0.1, 0.15) is 5.75 Å². The number of carbonyl (C=O) groups excluding carboxylic acids is 2. The maximum absolute atomic E-state index is 11.5. The Balaban J connectivity index is 2.58. The summed E-state index contributed by atoms with van der Waals surface area (Å²) in [7, 11) is 1.55. The Morgan fingerprint density at radius 1 is 1.41 bits per heavy atom. The van der Waals surface area contributed by atoms with Gasteiger partial charge in [0.05, 0.1) is 13.5 Å². The van der Waals surface area contributed by atoms with E-state index in [-0.39, 0.29) is 6.42 Å². The highest BCUT2D eigenvalue weighted by Crippen LogP contribution is 2.13. The summed E-state index contributed by atoms with van der Waals surface area (Å²) in [5.41, 5.74) is 5.74. The molecule has 1 rings (SSSR count). The minimum Gasteiger partial charge on any atom is -0.497 e. The van der Waals surface area contributed by atoms with Crippen LogP contribution in [-0.4, -0.2) is 25.1 Å². The summed E-state index contributed by atoms with van der Waals surface area (Å²) in [5.74, 6) is -0.494. The number of ether oxygens (including phenoxy) is 2. The van der Waals surface area contributed by atoms with Crippen LogP contribution in [-0.2, 0) is 20.7 Å². The van der Waals surface area contributed by atoms with Crippen molar-refractivity contribution < 1.29 is 19.1 Å². The molecule has 2 N–H and O–H groups in total. The van der Waals surface area contributed by atoms with E-state index in [9.17, 15) is 9.59 Å². The van der Waals surface area contributed by atoms with Crippen molar-refractivity contribution in [3.05, 3.63) is 29.8 Å². The van der Waals surface area contributed by atoms with Crippen LogP contribution in [0.4, 0.5) is 0 Å². The Hall–Kier alpha value is -2.04. The molecule has 0 spiro atoms. The third kappa shape index (κ3) is 4.14. The largest absolute Gasteiger partial charge is 0.497 e. The normalized spacial score (nSPS) is 11.6. The Bertz CT molecular complexity index is 417. The molecule has 5 nitrogen and oxygen atoms in total. The Morgan fingerprint density at radius 2 is 2.12 bits per heavy atom. The third-order valence-electron chi connectivity index (χ3n) is 2.19. The molecule has 0 aliphatic rings. The molecule has 0 saturated heterocycles. The fourth-order valence-electron chi connectivity index (χ4n) is 1.25. The van der Waals surface area contributed by atoms with Crippen LogP contribution in [0.15, 0.2) is 24.3 Å². The van der Waals surface area contributed by atoms with Crippen molar-refractivity contribution in [1.82, 2.24) is 0 Å². The van der Waals surface area contributed by atoms with Crippen molar-refractivity contribution in [3.63, 3.8) is 0 Å². The van der Waals surface area contributed by atoms with Gasteiger partial charge in [0.2, 0.25) is 0 Å². The van der Waals surface area contributed by atoms with Crippen molar-refractivity contribution in [2.24, 2.45) is 5.73 Å². The van der Waals surface area contributed by atoms with E-state index in [0.717, 1.165) is 5.56 Å². The van der Waals surface area contributed by atoms with Crippen LogP contribution in [0.5, 0.6) is 5.75 Å². The lowest BCUT2D eigenvalue weighted by molar-refractivity contribution is -0.153. The van der Waals surface area contributed by atoms with Crippen LogP contribution in [0.2, 0.25) is 0 Å². The lowest BCUT2D eigenvalue weighted by atomic mass is 10.1. The molecule has 0 saturated carbocycles. The van der Waals surface area contributed by atoms with Gasteiger partial charge in [-0.05, 0) is 24.6 Å². The van der Waals surface area contributed by atoms with E-state index >= 15 is 0 Å². The second-order valence-corrected chi connectivity index (χ2v) is 3.56. The van der Waals surface area contributed by atoms with Gasteiger partial charge in [-0.25, -0.2) is 0 Å². The van der Waals surface area contributed by atoms with Gasteiger partial charge in [0, 0.05) is 0 Å². The molecule has 0 aliphatic heterocycles. The van der Waals surface area contributed by atoms with Crippen LogP contribution in [0.3, 0.4) is 0 Å². The summed E-state index contributed by atoms with van der Waals surface area (Å²) in [6.45, 7) is 1.44. The number of hydrogen-bond donors (Lipinski definition) is 1. The van der Waals surface area contributed by atoms with Gasteiger partial charge in [-0.15, -0.1) is 0 Å². The van der Waals surface area contributed by atoms with Crippen LogP contribution in [0.25, 0.3) is 0 Å². The minimum absolute atomic E-state index is 0.0782. The Morgan fingerprint density at radius 3 is 2.71 bits per heavy atom. The quantitative estimate of drug-likeness (QED) is 0.763. The predicted molar refractivity (Wildman–Crippen MR) is 61.4 cm³/mol. The summed E-state index contributed by atoms with van der Waals surface area (Å²) in [6.07, 6.45) is -0.831. The number of carbonyl (C=O) groups is 2. The van der Waals surface area contributed by atoms with E-state index in [0.29, 0.717) is 5.75 Å². The third-order valence-corrected chi connectivity index (χ3v) is 2.19. The lowest BCUT2D eigenvalue weighted by Gasteiger charge is -2.09. The number of rotatable bonds is 5. The number of methoxy groups -OCH3 is 1. The second-order valence-electron chi connectivity index (χ2n) is 3.56. The highest BCUT2D eigenvalue weighted by molar-refractivity contribution is 5.82. The fourth-order valence-corrected chi connectivity index (χ4v) is 1.25. The number of benzene rings is 1. The fraction of sp³-hybridized carbons (Fsp3) is 0.333. The van der Waals surface area contributed by atoms with Crippen molar-refractivity contribution in [2.75, 3.05) is 7.11 Å². The molecule has 0 bridgehead atoms. The molecule has 0 heterocycles. The van der Waals surface area contributed by atoms with Gasteiger partial charge in [-0.1, -0.05) is 12.1 Å². The van der Waals surface area contributed by atoms with Crippen LogP contribution in [0, 0.1) is 0 Å². The summed E-state index contributed by atoms with van der Waals surface area (Å²) in [6, 6.07) is 7.06. The van der Waals surface area contributed by atoms with Crippen molar-refractivity contribution in [1.29, 1.82) is 0 Å². The zero-order chi connectivity index (χ0) is 12.8. The van der Waals surface area contributed by atoms with E-state index < -0.39 is 18.0 Å². The van der Waals surface area contributed by atoms with Gasteiger partial charge in [0.25, 0.3) is 5.91 Å². The van der Waals surface area contributed by atoms with E-state index in [1.165, 1.54) is 6.92 Å². The lowest BCUT2D eigenvalue weighted by Crippen LogP contribution is -2.30. The van der Waals surface area contributed by atoms with Crippen molar-refractivity contribution in [2.45, 2.75) is 19.4 Å². The Kier molecular flexibility index (Phi) is 4.51. The minimum atomic E-state index is -0.909. The van der Waals surface area contributed by atoms with Crippen molar-refractivity contribution >= 4 is 11.9 Å². The molecule has 0 radical (unpaired) electrons. The SMILES string of the molecule is COc1cccc(CC(=O)O[C@@H](C)C(N)=O)c1. The van der Waals surface area contributed by atoms with Crippen molar-refractivity contribution in [3.8, 4) is 5.75 Å².